The minimum absolute atomic E-state index is 0.00204. The Morgan fingerprint density at radius 3 is 2.58 bits per heavy atom. The molecule has 0 aromatic heterocycles. The fraction of sp³-hybridized carbons (Fsp3) is 0.600. The smallest absolute Gasteiger partial charge is 0.407 e. The van der Waals surface area contributed by atoms with E-state index >= 15 is 0 Å². The SMILES string of the molecule is CC1CN(C(=O)CCCNC(=O)OC(C)(C)C)CC(c2ccccc2)O1. The van der Waals surface area contributed by atoms with E-state index in [1.807, 2.05) is 62.9 Å². The molecule has 26 heavy (non-hydrogen) atoms. The number of nitrogens with one attached hydrogen (secondary N) is 1. The van der Waals surface area contributed by atoms with Crippen LogP contribution in [0.1, 0.15) is 52.2 Å². The van der Waals surface area contributed by atoms with Gasteiger partial charge in [-0.2, -0.15) is 0 Å². The molecule has 0 saturated carbocycles. The van der Waals surface area contributed by atoms with Crippen LogP contribution in [0.3, 0.4) is 0 Å². The van der Waals surface area contributed by atoms with E-state index in [-0.39, 0.29) is 18.1 Å². The number of carbonyl (C=O) groups excluding carboxylic acids is 2. The van der Waals surface area contributed by atoms with Crippen LogP contribution in [0.5, 0.6) is 0 Å². The average molecular weight is 362 g/mol. The summed E-state index contributed by atoms with van der Waals surface area (Å²) in [6.07, 6.45) is 0.430. The van der Waals surface area contributed by atoms with E-state index in [9.17, 15) is 9.59 Å². The summed E-state index contributed by atoms with van der Waals surface area (Å²) < 4.78 is 11.2. The topological polar surface area (TPSA) is 67.9 Å². The van der Waals surface area contributed by atoms with Gasteiger partial charge in [0.15, 0.2) is 0 Å². The highest BCUT2D eigenvalue weighted by atomic mass is 16.6. The number of amides is 2. The molecule has 2 rings (SSSR count). The summed E-state index contributed by atoms with van der Waals surface area (Å²) in [6.45, 7) is 9.02. The summed E-state index contributed by atoms with van der Waals surface area (Å²) in [5, 5.41) is 2.68. The van der Waals surface area contributed by atoms with E-state index < -0.39 is 11.7 Å². The summed E-state index contributed by atoms with van der Waals surface area (Å²) in [5.74, 6) is 0.0899. The van der Waals surface area contributed by atoms with Gasteiger partial charge in [-0.25, -0.2) is 4.79 Å². The molecule has 2 unspecified atom stereocenters. The van der Waals surface area contributed by atoms with Crippen LogP contribution in [0, 0.1) is 0 Å². The minimum atomic E-state index is -0.518. The molecule has 0 radical (unpaired) electrons. The number of hydrogen-bond acceptors (Lipinski definition) is 4. The van der Waals surface area contributed by atoms with E-state index in [0.29, 0.717) is 32.5 Å². The Balaban J connectivity index is 1.77. The molecule has 1 N–H and O–H groups in total. The monoisotopic (exact) mass is 362 g/mol. The fourth-order valence-electron chi connectivity index (χ4n) is 2.91. The van der Waals surface area contributed by atoms with Crippen molar-refractivity contribution in [3.05, 3.63) is 35.9 Å². The molecule has 1 aliphatic heterocycles. The van der Waals surface area contributed by atoms with Crippen molar-refractivity contribution in [2.75, 3.05) is 19.6 Å². The van der Waals surface area contributed by atoms with Crippen molar-refractivity contribution < 1.29 is 19.1 Å². The van der Waals surface area contributed by atoms with E-state index in [1.165, 1.54) is 0 Å². The van der Waals surface area contributed by atoms with Gasteiger partial charge in [-0.05, 0) is 39.7 Å². The molecule has 2 atom stereocenters. The number of benzene rings is 1. The van der Waals surface area contributed by atoms with Crippen molar-refractivity contribution in [3.63, 3.8) is 0 Å². The predicted molar refractivity (Wildman–Crippen MR) is 99.8 cm³/mol. The number of hydrogen-bond donors (Lipinski definition) is 1. The van der Waals surface area contributed by atoms with Crippen LogP contribution in [0.25, 0.3) is 0 Å². The van der Waals surface area contributed by atoms with Gasteiger partial charge in [-0.3, -0.25) is 4.79 Å². The largest absolute Gasteiger partial charge is 0.444 e. The third kappa shape index (κ3) is 6.67. The quantitative estimate of drug-likeness (QED) is 0.816. The lowest BCUT2D eigenvalue weighted by atomic mass is 10.1. The third-order valence-corrected chi connectivity index (χ3v) is 4.02. The van der Waals surface area contributed by atoms with Gasteiger partial charge in [0.25, 0.3) is 0 Å². The summed E-state index contributed by atoms with van der Waals surface area (Å²) >= 11 is 0. The molecule has 1 aromatic carbocycles. The standard InChI is InChI=1S/C20H30N2O4/c1-15-13-22(14-17(25-15)16-9-6-5-7-10-16)18(23)11-8-12-21-19(24)26-20(2,3)4/h5-7,9-10,15,17H,8,11-14H2,1-4H3,(H,21,24). The molecule has 2 amide bonds. The highest BCUT2D eigenvalue weighted by Gasteiger charge is 2.29. The molecule has 1 aliphatic rings. The molecule has 1 aromatic rings. The molecular formula is C20H30N2O4. The first-order chi connectivity index (χ1) is 12.2. The van der Waals surface area contributed by atoms with E-state index in [4.69, 9.17) is 9.47 Å². The molecule has 0 spiro atoms. The van der Waals surface area contributed by atoms with Gasteiger partial charge in [0.05, 0.1) is 12.6 Å². The number of rotatable bonds is 5. The molecule has 6 heteroatoms. The Morgan fingerprint density at radius 2 is 1.92 bits per heavy atom. The lowest BCUT2D eigenvalue weighted by Crippen LogP contribution is -2.46. The number of morpholine rings is 1. The van der Waals surface area contributed by atoms with E-state index in [1.54, 1.807) is 0 Å². The zero-order valence-electron chi connectivity index (χ0n) is 16.2. The van der Waals surface area contributed by atoms with Crippen molar-refractivity contribution >= 4 is 12.0 Å². The van der Waals surface area contributed by atoms with Crippen LogP contribution >= 0.6 is 0 Å². The zero-order valence-corrected chi connectivity index (χ0v) is 16.2. The Morgan fingerprint density at radius 1 is 1.23 bits per heavy atom. The first-order valence-electron chi connectivity index (χ1n) is 9.19. The van der Waals surface area contributed by atoms with Gasteiger partial charge in [0, 0.05) is 19.5 Å². The van der Waals surface area contributed by atoms with Crippen LogP contribution in [0.4, 0.5) is 4.79 Å². The van der Waals surface area contributed by atoms with Gasteiger partial charge in [-0.1, -0.05) is 30.3 Å². The number of nitrogens with zero attached hydrogens (tertiary/aromatic N) is 1. The first kappa shape index (κ1) is 20.2. The first-order valence-corrected chi connectivity index (χ1v) is 9.19. The Bertz CT molecular complexity index is 598. The Hall–Kier alpha value is -2.08. The Labute approximate surface area is 155 Å². The molecule has 1 saturated heterocycles. The van der Waals surface area contributed by atoms with Crippen molar-refractivity contribution in [2.24, 2.45) is 0 Å². The molecule has 1 heterocycles. The number of carbonyl (C=O) groups is 2. The van der Waals surface area contributed by atoms with Crippen molar-refractivity contribution in [1.82, 2.24) is 10.2 Å². The maximum Gasteiger partial charge on any atom is 0.407 e. The van der Waals surface area contributed by atoms with Gasteiger partial charge < -0.3 is 19.7 Å². The second-order valence-electron chi connectivity index (χ2n) is 7.68. The van der Waals surface area contributed by atoms with Crippen molar-refractivity contribution in [3.8, 4) is 0 Å². The minimum Gasteiger partial charge on any atom is -0.444 e. The number of alkyl carbamates (subject to hydrolysis) is 1. The van der Waals surface area contributed by atoms with Crippen LogP contribution in [0.15, 0.2) is 30.3 Å². The lowest BCUT2D eigenvalue weighted by Gasteiger charge is -2.37. The number of ether oxygens (including phenoxy) is 2. The maximum absolute atomic E-state index is 12.5. The molecule has 0 bridgehead atoms. The van der Waals surface area contributed by atoms with E-state index in [2.05, 4.69) is 5.32 Å². The maximum atomic E-state index is 12.5. The summed E-state index contributed by atoms with van der Waals surface area (Å²) in [5.41, 5.74) is 0.569. The van der Waals surface area contributed by atoms with Gasteiger partial charge in [-0.15, -0.1) is 0 Å². The molecule has 6 nitrogen and oxygen atoms in total. The van der Waals surface area contributed by atoms with Crippen LogP contribution in [-0.2, 0) is 14.3 Å². The van der Waals surface area contributed by atoms with Crippen LogP contribution in [0.2, 0.25) is 0 Å². The second-order valence-corrected chi connectivity index (χ2v) is 7.68. The van der Waals surface area contributed by atoms with Gasteiger partial charge in [0.2, 0.25) is 5.91 Å². The molecule has 0 aliphatic carbocycles. The molecule has 1 fully saturated rings. The van der Waals surface area contributed by atoms with Crippen LogP contribution < -0.4 is 5.32 Å². The normalized spacial score (nSPS) is 20.5. The van der Waals surface area contributed by atoms with E-state index in [0.717, 1.165) is 5.56 Å². The lowest BCUT2D eigenvalue weighted by molar-refractivity contribution is -0.145. The summed E-state index contributed by atoms with van der Waals surface area (Å²) in [4.78, 5) is 26.0. The van der Waals surface area contributed by atoms with Crippen molar-refractivity contribution in [2.45, 2.75) is 58.3 Å². The molecule has 144 valence electrons. The summed E-state index contributed by atoms with van der Waals surface area (Å²) in [7, 11) is 0. The highest BCUT2D eigenvalue weighted by molar-refractivity contribution is 5.76. The van der Waals surface area contributed by atoms with Crippen LogP contribution in [-0.4, -0.2) is 48.2 Å². The fourth-order valence-corrected chi connectivity index (χ4v) is 2.91. The van der Waals surface area contributed by atoms with Crippen molar-refractivity contribution in [1.29, 1.82) is 0 Å². The Kier molecular flexibility index (Phi) is 7.03. The zero-order chi connectivity index (χ0) is 19.2. The molecular weight excluding hydrogens is 332 g/mol. The summed E-state index contributed by atoms with van der Waals surface area (Å²) in [6, 6.07) is 9.97. The predicted octanol–water partition coefficient (Wildman–Crippen LogP) is 3.28. The third-order valence-electron chi connectivity index (χ3n) is 4.02. The average Bonchev–Trinajstić information content (AvgIpc) is 2.57. The second kappa shape index (κ2) is 9.03. The van der Waals surface area contributed by atoms with Gasteiger partial charge in [0.1, 0.15) is 11.7 Å². The highest BCUT2D eigenvalue weighted by Crippen LogP contribution is 2.25. The van der Waals surface area contributed by atoms with Gasteiger partial charge >= 0.3 is 6.09 Å².